The fraction of sp³-hybridized carbons (Fsp3) is 0.400. The summed E-state index contributed by atoms with van der Waals surface area (Å²) in [7, 11) is -4.24. The van der Waals surface area contributed by atoms with Gasteiger partial charge >= 0.3 is 10.3 Å². The number of benzene rings is 1. The van der Waals surface area contributed by atoms with E-state index in [0.717, 1.165) is 28.0 Å². The molecule has 0 amide bonds. The molecule has 3 heterocycles. The predicted octanol–water partition coefficient (Wildman–Crippen LogP) is 3.11. The maximum absolute atomic E-state index is 14.9. The highest BCUT2D eigenvalue weighted by atomic mass is 35.5. The summed E-state index contributed by atoms with van der Waals surface area (Å²) in [5.74, 6) is -1.09. The van der Waals surface area contributed by atoms with Crippen molar-refractivity contribution in [3.8, 4) is 0 Å². The molecule has 1 aromatic carbocycles. The van der Waals surface area contributed by atoms with Crippen molar-refractivity contribution >= 4 is 44.8 Å². The van der Waals surface area contributed by atoms with Gasteiger partial charge in [0.1, 0.15) is 24.4 Å². The number of ketones is 1. The van der Waals surface area contributed by atoms with Crippen molar-refractivity contribution in [3.63, 3.8) is 0 Å². The van der Waals surface area contributed by atoms with E-state index >= 15 is 0 Å². The molecule has 4 N–H and O–H groups in total. The Labute approximate surface area is 233 Å². The lowest BCUT2D eigenvalue weighted by Gasteiger charge is -2.26. The monoisotopic (exact) mass is 596 g/mol. The van der Waals surface area contributed by atoms with Gasteiger partial charge in [-0.3, -0.25) is 8.98 Å². The summed E-state index contributed by atoms with van der Waals surface area (Å²) in [6.45, 7) is 1.99. The number of fused-ring (bicyclic) bond motifs is 1. The summed E-state index contributed by atoms with van der Waals surface area (Å²) < 4.78 is 47.7. The third-order valence-corrected chi connectivity index (χ3v) is 8.75. The molecule has 1 aliphatic carbocycles. The van der Waals surface area contributed by atoms with Crippen LogP contribution in [0.1, 0.15) is 49.3 Å². The lowest BCUT2D eigenvalue weighted by molar-refractivity contribution is 0.0501. The van der Waals surface area contributed by atoms with Gasteiger partial charge in [0.2, 0.25) is 5.78 Å². The zero-order chi connectivity index (χ0) is 27.9. The van der Waals surface area contributed by atoms with Gasteiger partial charge < -0.3 is 15.2 Å². The van der Waals surface area contributed by atoms with Crippen molar-refractivity contribution in [3.05, 3.63) is 73.8 Å². The highest BCUT2D eigenvalue weighted by molar-refractivity contribution is 7.84. The number of rotatable bonds is 8. The van der Waals surface area contributed by atoms with E-state index < -0.39 is 41.1 Å². The lowest BCUT2D eigenvalue weighted by Crippen LogP contribution is -2.33. The minimum Gasteiger partial charge on any atom is -0.390 e. The number of alkyl halides is 1. The number of anilines is 1. The van der Waals surface area contributed by atoms with E-state index in [4.69, 9.17) is 21.5 Å². The van der Waals surface area contributed by atoms with E-state index in [1.807, 2.05) is 25.1 Å². The Hall–Kier alpha value is -2.52. The van der Waals surface area contributed by atoms with Gasteiger partial charge in [0.15, 0.2) is 0 Å². The second-order valence-corrected chi connectivity index (χ2v) is 12.5. The number of halogens is 2. The van der Waals surface area contributed by atoms with Gasteiger partial charge in [0.25, 0.3) is 0 Å². The van der Waals surface area contributed by atoms with Crippen molar-refractivity contribution in [1.82, 2.24) is 9.97 Å². The van der Waals surface area contributed by atoms with Gasteiger partial charge in [0.05, 0.1) is 35.8 Å². The quantitative estimate of drug-likeness (QED) is 0.333. The molecule has 2 aromatic heterocycles. The third-order valence-electron chi connectivity index (χ3n) is 6.98. The fourth-order valence-electron chi connectivity index (χ4n) is 5.04. The minimum atomic E-state index is -4.24. The van der Waals surface area contributed by atoms with Gasteiger partial charge in [0, 0.05) is 22.0 Å². The minimum absolute atomic E-state index is 0.0265. The van der Waals surface area contributed by atoms with Crippen molar-refractivity contribution < 1.29 is 31.6 Å². The molecule has 1 aliphatic heterocycles. The first-order chi connectivity index (χ1) is 18.5. The number of carbonyl (C=O) groups excluding carboxylic acids is 1. The fourth-order valence-corrected chi connectivity index (χ4v) is 6.59. The number of aliphatic hydroxyl groups excluding tert-OH is 1. The molecule has 208 valence electrons. The number of carbonyl (C=O) groups is 1. The first-order valence-corrected chi connectivity index (χ1v) is 14.8. The smallest absolute Gasteiger partial charge is 0.333 e. The summed E-state index contributed by atoms with van der Waals surface area (Å²) in [6, 6.07) is 6.56. The number of nitrogens with zero attached hydrogens (tertiary/aromatic N) is 2. The van der Waals surface area contributed by atoms with Crippen molar-refractivity contribution in [2.45, 2.75) is 44.2 Å². The maximum atomic E-state index is 14.9. The number of ether oxygens (including phenoxy) is 1. The molecule has 5 rings (SSSR count). The Balaban J connectivity index is 1.37. The Morgan fingerprint density at radius 1 is 1.36 bits per heavy atom. The molecular weight excluding hydrogens is 571 g/mol. The summed E-state index contributed by atoms with van der Waals surface area (Å²) in [4.78, 5) is 23.1. The molecule has 1 unspecified atom stereocenters. The zero-order valence-corrected chi connectivity index (χ0v) is 23.1. The second-order valence-electron chi connectivity index (χ2n) is 9.54. The van der Waals surface area contributed by atoms with Gasteiger partial charge in [-0.1, -0.05) is 17.7 Å². The van der Waals surface area contributed by atoms with E-state index in [1.165, 1.54) is 23.9 Å². The average Bonchev–Trinajstić information content (AvgIpc) is 3.41. The average molecular weight is 597 g/mol. The lowest BCUT2D eigenvalue weighted by atomic mass is 9.93. The van der Waals surface area contributed by atoms with Crippen LogP contribution in [0.2, 0.25) is 5.02 Å². The van der Waals surface area contributed by atoms with Crippen molar-refractivity contribution in [2.75, 3.05) is 18.5 Å². The van der Waals surface area contributed by atoms with Crippen LogP contribution in [0.3, 0.4) is 0 Å². The third kappa shape index (κ3) is 5.99. The Morgan fingerprint density at radius 2 is 2.15 bits per heavy atom. The SMILES string of the molecule is Cc1sc(C(=O)c2cncnc2N[C@@H]2C[C@H](COS(N)(=O)=O)[C@@H](O)[C@@H]2F)cc1C1OCCc2ccc(Cl)cc21. The number of aromatic nitrogens is 2. The molecule has 14 heteroatoms. The Morgan fingerprint density at radius 3 is 2.92 bits per heavy atom. The van der Waals surface area contributed by atoms with Crippen LogP contribution in [0, 0.1) is 12.8 Å². The first kappa shape index (κ1) is 28.0. The van der Waals surface area contributed by atoms with Crippen molar-refractivity contribution in [1.29, 1.82) is 0 Å². The van der Waals surface area contributed by atoms with E-state index in [-0.39, 0.29) is 29.7 Å². The predicted molar refractivity (Wildman–Crippen MR) is 143 cm³/mol. The van der Waals surface area contributed by atoms with Gasteiger partial charge in [-0.25, -0.2) is 19.5 Å². The van der Waals surface area contributed by atoms with Crippen LogP contribution in [0.4, 0.5) is 10.2 Å². The maximum Gasteiger partial charge on any atom is 0.333 e. The van der Waals surface area contributed by atoms with Crippen LogP contribution >= 0.6 is 22.9 Å². The standard InChI is InChI=1S/C25H26ClFN4O6S2/c1-12-16(24-17-7-15(26)3-2-13(17)4-5-36-24)8-20(38-12)23(33)18-9-29-11-30-25(18)31-19-6-14(22(32)21(19)27)10-37-39(28,34)35/h2-3,7-9,11,14,19,21-22,24,32H,4-6,10H2,1H3,(H2,28,34,35)(H,29,30,31)/t14-,19-,21-,22-,24?/m1/s1. The molecular formula is C25H26ClFN4O6S2. The Kier molecular flexibility index (Phi) is 8.02. The number of nitrogens with one attached hydrogen (secondary N) is 1. The van der Waals surface area contributed by atoms with Crippen LogP contribution < -0.4 is 10.5 Å². The summed E-state index contributed by atoms with van der Waals surface area (Å²) >= 11 is 7.55. The molecule has 10 nitrogen and oxygen atoms in total. The number of nitrogens with two attached hydrogens (primary N) is 1. The van der Waals surface area contributed by atoms with Gasteiger partial charge in [-0.2, -0.15) is 8.42 Å². The molecule has 0 bridgehead atoms. The van der Waals surface area contributed by atoms with E-state index in [0.29, 0.717) is 16.5 Å². The molecule has 1 saturated carbocycles. The zero-order valence-electron chi connectivity index (χ0n) is 20.7. The van der Waals surface area contributed by atoms with E-state index in [1.54, 1.807) is 6.07 Å². The molecule has 39 heavy (non-hydrogen) atoms. The van der Waals surface area contributed by atoms with Crippen LogP contribution in [-0.2, 0) is 25.6 Å². The normalized spacial score (nSPS) is 24.9. The molecule has 3 aromatic rings. The number of thiophene rings is 1. The number of aliphatic hydroxyl groups is 1. The summed E-state index contributed by atoms with van der Waals surface area (Å²) in [5.41, 5.74) is 3.10. The van der Waals surface area contributed by atoms with Crippen LogP contribution in [0.5, 0.6) is 0 Å². The highest BCUT2D eigenvalue weighted by Crippen LogP contribution is 2.39. The second kappa shape index (κ2) is 11.2. The highest BCUT2D eigenvalue weighted by Gasteiger charge is 2.44. The summed E-state index contributed by atoms with van der Waals surface area (Å²) in [6.07, 6.45) is -0.242. The molecule has 0 spiro atoms. The van der Waals surface area contributed by atoms with E-state index in [2.05, 4.69) is 19.5 Å². The summed E-state index contributed by atoms with van der Waals surface area (Å²) in [5, 5.41) is 18.6. The molecule has 2 aliphatic rings. The molecule has 0 radical (unpaired) electrons. The molecule has 0 saturated heterocycles. The molecule has 5 atom stereocenters. The first-order valence-electron chi connectivity index (χ1n) is 12.1. The van der Waals surface area contributed by atoms with Gasteiger partial charge in [-0.15, -0.1) is 11.3 Å². The van der Waals surface area contributed by atoms with Crippen LogP contribution in [-0.4, -0.2) is 60.8 Å². The van der Waals surface area contributed by atoms with Crippen LogP contribution in [0.25, 0.3) is 0 Å². The van der Waals surface area contributed by atoms with Crippen LogP contribution in [0.15, 0.2) is 36.8 Å². The number of hydrogen-bond donors (Lipinski definition) is 3. The topological polar surface area (TPSA) is 154 Å². The largest absolute Gasteiger partial charge is 0.390 e. The number of aryl methyl sites for hydroxylation is 1. The molecule has 1 fully saturated rings. The van der Waals surface area contributed by atoms with E-state index in [9.17, 15) is 22.7 Å². The number of hydrogen-bond acceptors (Lipinski definition) is 10. The van der Waals surface area contributed by atoms with Gasteiger partial charge in [-0.05, 0) is 54.7 Å². The van der Waals surface area contributed by atoms with Crippen molar-refractivity contribution in [2.24, 2.45) is 11.1 Å². The Bertz CT molecular complexity index is 1500.